The Morgan fingerprint density at radius 1 is 1.25 bits per heavy atom. The molecule has 84 valence electrons. The Kier molecular flexibility index (Phi) is 2.66. The summed E-state index contributed by atoms with van der Waals surface area (Å²) < 4.78 is 18.6. The minimum Gasteiger partial charge on any atom is -0.507 e. The average Bonchev–Trinajstić information content (AvgIpc) is 2.29. The normalized spacial score (nSPS) is 10.7. The van der Waals surface area contributed by atoms with Crippen molar-refractivity contribution in [1.82, 2.24) is 0 Å². The van der Waals surface area contributed by atoms with E-state index in [1.54, 1.807) is 12.1 Å². The lowest BCUT2D eigenvalue weighted by molar-refractivity contribution is 0.412. The molecule has 0 aromatic heterocycles. The second-order valence-corrected chi connectivity index (χ2v) is 3.52. The van der Waals surface area contributed by atoms with E-state index in [0.29, 0.717) is 22.1 Å². The van der Waals surface area contributed by atoms with Crippen molar-refractivity contribution in [3.8, 4) is 11.5 Å². The first-order valence-corrected chi connectivity index (χ1v) is 4.85. The first-order valence-electron chi connectivity index (χ1n) is 4.85. The quantitative estimate of drug-likeness (QED) is 0.817. The number of benzene rings is 2. The number of ether oxygens (including phenoxy) is 1. The van der Waals surface area contributed by atoms with Gasteiger partial charge in [-0.05, 0) is 23.8 Å². The summed E-state index contributed by atoms with van der Waals surface area (Å²) in [7, 11) is 1.45. The van der Waals surface area contributed by atoms with Crippen LogP contribution < -0.4 is 10.5 Å². The van der Waals surface area contributed by atoms with Gasteiger partial charge in [-0.1, -0.05) is 0 Å². The molecule has 0 heterocycles. The van der Waals surface area contributed by atoms with Crippen LogP contribution in [0.1, 0.15) is 5.56 Å². The fourth-order valence-corrected chi connectivity index (χ4v) is 1.67. The first kappa shape index (κ1) is 10.7. The smallest absolute Gasteiger partial charge is 0.134 e. The molecule has 0 fully saturated rings. The van der Waals surface area contributed by atoms with Crippen LogP contribution in [0, 0.1) is 5.82 Å². The molecule has 0 unspecified atom stereocenters. The predicted molar refractivity (Wildman–Crippen MR) is 60.0 cm³/mol. The van der Waals surface area contributed by atoms with Gasteiger partial charge in [-0.25, -0.2) is 4.39 Å². The number of nitrogens with two attached hydrogens (primary N) is 1. The summed E-state index contributed by atoms with van der Waals surface area (Å²) in [5, 5.41) is 10.5. The van der Waals surface area contributed by atoms with Gasteiger partial charge < -0.3 is 15.6 Å². The van der Waals surface area contributed by atoms with Crippen molar-refractivity contribution >= 4 is 10.8 Å². The van der Waals surface area contributed by atoms with Gasteiger partial charge in [-0.3, -0.25) is 0 Å². The average molecular weight is 221 g/mol. The minimum absolute atomic E-state index is 0.00995. The van der Waals surface area contributed by atoms with Crippen LogP contribution in [-0.2, 0) is 6.54 Å². The first-order chi connectivity index (χ1) is 7.65. The van der Waals surface area contributed by atoms with E-state index in [4.69, 9.17) is 10.5 Å². The van der Waals surface area contributed by atoms with Gasteiger partial charge in [0.15, 0.2) is 0 Å². The van der Waals surface area contributed by atoms with Gasteiger partial charge in [0.1, 0.15) is 17.3 Å². The zero-order valence-electron chi connectivity index (χ0n) is 8.83. The third-order valence-corrected chi connectivity index (χ3v) is 2.50. The van der Waals surface area contributed by atoms with Crippen LogP contribution in [0.3, 0.4) is 0 Å². The van der Waals surface area contributed by atoms with E-state index in [2.05, 4.69) is 0 Å². The van der Waals surface area contributed by atoms with Gasteiger partial charge >= 0.3 is 0 Å². The number of fused-ring (bicyclic) bond motifs is 1. The summed E-state index contributed by atoms with van der Waals surface area (Å²) in [5.74, 6) is -0.0449. The Bertz CT molecular complexity index is 491. The second-order valence-electron chi connectivity index (χ2n) is 3.52. The van der Waals surface area contributed by atoms with Crippen molar-refractivity contribution in [2.24, 2.45) is 5.73 Å². The Morgan fingerprint density at radius 2 is 2.00 bits per heavy atom. The van der Waals surface area contributed by atoms with Crippen LogP contribution in [-0.4, -0.2) is 12.2 Å². The Hall–Kier alpha value is -1.81. The number of hydrogen-bond acceptors (Lipinski definition) is 3. The van der Waals surface area contributed by atoms with Crippen molar-refractivity contribution in [3.63, 3.8) is 0 Å². The fraction of sp³-hybridized carbons (Fsp3) is 0.167. The fourth-order valence-electron chi connectivity index (χ4n) is 1.67. The van der Waals surface area contributed by atoms with E-state index < -0.39 is 5.82 Å². The van der Waals surface area contributed by atoms with Crippen LogP contribution in [0.15, 0.2) is 24.3 Å². The molecule has 2 aromatic carbocycles. The molecule has 0 aliphatic rings. The maximum Gasteiger partial charge on any atom is 0.134 e. The number of phenols is 1. The molecule has 3 nitrogen and oxygen atoms in total. The Balaban J connectivity index is 2.78. The number of aromatic hydroxyl groups is 1. The SMILES string of the molecule is COc1cc(F)c2cc(CN)cc(O)c2c1. The predicted octanol–water partition coefficient (Wildman–Crippen LogP) is 2.15. The van der Waals surface area contributed by atoms with E-state index in [0.717, 1.165) is 0 Å². The topological polar surface area (TPSA) is 55.5 Å². The maximum absolute atomic E-state index is 13.7. The molecule has 0 aliphatic heterocycles. The van der Waals surface area contributed by atoms with Gasteiger partial charge in [0.2, 0.25) is 0 Å². The van der Waals surface area contributed by atoms with E-state index in [9.17, 15) is 9.50 Å². The van der Waals surface area contributed by atoms with Crippen molar-refractivity contribution in [2.45, 2.75) is 6.54 Å². The lowest BCUT2D eigenvalue weighted by atomic mass is 10.0. The summed E-state index contributed by atoms with van der Waals surface area (Å²) in [4.78, 5) is 0. The maximum atomic E-state index is 13.7. The molecule has 0 bridgehead atoms. The highest BCUT2D eigenvalue weighted by Crippen LogP contribution is 2.31. The molecule has 16 heavy (non-hydrogen) atoms. The zero-order valence-corrected chi connectivity index (χ0v) is 8.83. The third-order valence-electron chi connectivity index (χ3n) is 2.50. The molecule has 4 heteroatoms. The third kappa shape index (κ3) is 1.67. The van der Waals surface area contributed by atoms with E-state index in [1.807, 2.05) is 0 Å². The molecule has 3 N–H and O–H groups in total. The monoisotopic (exact) mass is 221 g/mol. The summed E-state index contributed by atoms with van der Waals surface area (Å²) >= 11 is 0. The molecule has 2 rings (SSSR count). The van der Waals surface area contributed by atoms with Crippen LogP contribution >= 0.6 is 0 Å². The van der Waals surface area contributed by atoms with Crippen LogP contribution in [0.25, 0.3) is 10.8 Å². The van der Waals surface area contributed by atoms with Crippen molar-refractivity contribution < 1.29 is 14.2 Å². The van der Waals surface area contributed by atoms with Crippen LogP contribution in [0.4, 0.5) is 4.39 Å². The zero-order chi connectivity index (χ0) is 11.7. The molecular formula is C12H12FNO2. The molecule has 0 saturated carbocycles. The number of halogens is 1. The van der Waals surface area contributed by atoms with E-state index in [-0.39, 0.29) is 12.3 Å². The van der Waals surface area contributed by atoms with Crippen LogP contribution in [0.2, 0.25) is 0 Å². The molecule has 0 saturated heterocycles. The van der Waals surface area contributed by atoms with Gasteiger partial charge in [-0.15, -0.1) is 0 Å². The molecule has 2 aromatic rings. The van der Waals surface area contributed by atoms with Gasteiger partial charge in [0.05, 0.1) is 7.11 Å². The van der Waals surface area contributed by atoms with Crippen molar-refractivity contribution in [1.29, 1.82) is 0 Å². The highest BCUT2D eigenvalue weighted by molar-refractivity contribution is 5.90. The summed E-state index contributed by atoms with van der Waals surface area (Å²) in [6, 6.07) is 6.03. The highest BCUT2D eigenvalue weighted by Gasteiger charge is 2.09. The summed E-state index contributed by atoms with van der Waals surface area (Å²) in [6.07, 6.45) is 0. The molecule has 0 spiro atoms. The molecule has 0 aliphatic carbocycles. The number of methoxy groups -OCH3 is 1. The Labute approximate surface area is 92.3 Å². The summed E-state index contributed by atoms with van der Waals surface area (Å²) in [5.41, 5.74) is 6.15. The van der Waals surface area contributed by atoms with E-state index in [1.165, 1.54) is 19.2 Å². The Morgan fingerprint density at radius 3 is 2.62 bits per heavy atom. The van der Waals surface area contributed by atoms with Crippen molar-refractivity contribution in [2.75, 3.05) is 7.11 Å². The standard InChI is InChI=1S/C12H12FNO2/c1-16-8-4-10-9(11(13)5-8)2-7(6-14)3-12(10)15/h2-5,15H,6,14H2,1H3. The molecular weight excluding hydrogens is 209 g/mol. The number of rotatable bonds is 2. The van der Waals surface area contributed by atoms with Gasteiger partial charge in [-0.2, -0.15) is 0 Å². The molecule has 0 radical (unpaired) electrons. The van der Waals surface area contributed by atoms with E-state index >= 15 is 0 Å². The number of hydrogen-bond donors (Lipinski definition) is 2. The molecule has 0 atom stereocenters. The van der Waals surface area contributed by atoms with Crippen LogP contribution in [0.5, 0.6) is 11.5 Å². The minimum atomic E-state index is -0.431. The lowest BCUT2D eigenvalue weighted by Gasteiger charge is -2.08. The largest absolute Gasteiger partial charge is 0.507 e. The van der Waals surface area contributed by atoms with Crippen molar-refractivity contribution in [3.05, 3.63) is 35.6 Å². The highest BCUT2D eigenvalue weighted by atomic mass is 19.1. The molecule has 0 amide bonds. The summed E-state index contributed by atoms with van der Waals surface area (Å²) in [6.45, 7) is 0.259. The lowest BCUT2D eigenvalue weighted by Crippen LogP contribution is -1.96. The number of phenolic OH excluding ortho intramolecular Hbond substituents is 1. The van der Waals surface area contributed by atoms with Gasteiger partial charge in [0, 0.05) is 23.4 Å². The van der Waals surface area contributed by atoms with Gasteiger partial charge in [0.25, 0.3) is 0 Å². The second kappa shape index (κ2) is 3.98.